The van der Waals surface area contributed by atoms with E-state index in [-0.39, 0.29) is 18.1 Å². The number of anilines is 2. The smallest absolute Gasteiger partial charge is 0.410 e. The number of nitriles is 1. The molecule has 4 heterocycles. The zero-order valence-electron chi connectivity index (χ0n) is 23.1. The third kappa shape index (κ3) is 5.79. The molecule has 1 N–H and O–H groups in total. The van der Waals surface area contributed by atoms with E-state index in [0.717, 1.165) is 15.3 Å². The zero-order chi connectivity index (χ0) is 28.6. The molecule has 1 aliphatic rings. The van der Waals surface area contributed by atoms with Crippen molar-refractivity contribution < 1.29 is 19.1 Å². The number of thiazole rings is 1. The number of aromatic nitrogens is 3. The summed E-state index contributed by atoms with van der Waals surface area (Å²) in [5.74, 6) is 0.574. The lowest BCUT2D eigenvalue weighted by molar-refractivity contribution is 0.0240. The van der Waals surface area contributed by atoms with Gasteiger partial charge in [-0.1, -0.05) is 11.3 Å². The van der Waals surface area contributed by atoms with Crippen molar-refractivity contribution in [2.75, 3.05) is 36.4 Å². The first-order valence-electron chi connectivity index (χ1n) is 13.0. The van der Waals surface area contributed by atoms with E-state index in [1.54, 1.807) is 39.7 Å². The van der Waals surface area contributed by atoms with E-state index in [9.17, 15) is 9.59 Å². The predicted molar refractivity (Wildman–Crippen MR) is 153 cm³/mol. The van der Waals surface area contributed by atoms with Crippen LogP contribution in [0.25, 0.3) is 15.7 Å². The minimum Gasteiger partial charge on any atom is -0.490 e. The molecule has 0 bridgehead atoms. The second-order valence-corrected chi connectivity index (χ2v) is 11.8. The van der Waals surface area contributed by atoms with Gasteiger partial charge in [-0.15, -0.1) is 0 Å². The van der Waals surface area contributed by atoms with Crippen LogP contribution in [0.2, 0.25) is 0 Å². The minimum atomic E-state index is -0.535. The van der Waals surface area contributed by atoms with Gasteiger partial charge in [0, 0.05) is 32.2 Å². The van der Waals surface area contributed by atoms with Crippen molar-refractivity contribution in [3.8, 4) is 11.8 Å². The number of benzene rings is 1. The number of rotatable bonds is 5. The Bertz CT molecular complexity index is 1620. The standard InChI is InChI=1S/C28H31N7O4S/c1-17(2)38-22-14-21-23(40-26(31-21)33-8-10-34(11-9-33)27(37)39-28(3,4)5)13-20(22)25(36)32-24-7-6-19-12-18(15-29)16-30-35(19)24/h6-7,12-14,16-17H,8-11H2,1-5H3,(H,32,36). The third-order valence-corrected chi connectivity index (χ3v) is 7.24. The number of nitrogens with zero attached hydrogens (tertiary/aromatic N) is 6. The number of ether oxygens (including phenoxy) is 2. The minimum absolute atomic E-state index is 0.150. The first kappa shape index (κ1) is 27.2. The number of hydrogen-bond donors (Lipinski definition) is 1. The maximum absolute atomic E-state index is 13.5. The van der Waals surface area contributed by atoms with Crippen LogP contribution < -0.4 is 15.0 Å². The summed E-state index contributed by atoms with van der Waals surface area (Å²) in [4.78, 5) is 34.6. The van der Waals surface area contributed by atoms with Gasteiger partial charge in [0.15, 0.2) is 5.13 Å². The molecule has 1 aromatic carbocycles. The van der Waals surface area contributed by atoms with Crippen molar-refractivity contribution in [3.05, 3.63) is 47.7 Å². The SMILES string of the molecule is CC(C)Oc1cc2nc(N3CCN(C(=O)OC(C)(C)C)CC3)sc2cc1C(=O)Nc1ccc2cc(C#N)cnn12. The van der Waals surface area contributed by atoms with Gasteiger partial charge in [0.1, 0.15) is 23.2 Å². The lowest BCUT2D eigenvalue weighted by Crippen LogP contribution is -2.50. The highest BCUT2D eigenvalue weighted by Gasteiger charge is 2.27. The Morgan fingerprint density at radius 1 is 1.12 bits per heavy atom. The Hall–Kier alpha value is -4.37. The van der Waals surface area contributed by atoms with Gasteiger partial charge in [-0.05, 0) is 58.9 Å². The lowest BCUT2D eigenvalue weighted by atomic mass is 10.1. The summed E-state index contributed by atoms with van der Waals surface area (Å²) in [5.41, 5.74) is 1.72. The molecular weight excluding hydrogens is 530 g/mol. The average molecular weight is 562 g/mol. The van der Waals surface area contributed by atoms with Gasteiger partial charge < -0.3 is 24.6 Å². The molecule has 11 nitrogen and oxygen atoms in total. The second-order valence-electron chi connectivity index (χ2n) is 10.8. The number of piperazine rings is 1. The molecule has 40 heavy (non-hydrogen) atoms. The number of nitrogens with one attached hydrogen (secondary N) is 1. The van der Waals surface area contributed by atoms with E-state index in [4.69, 9.17) is 19.7 Å². The van der Waals surface area contributed by atoms with Gasteiger partial charge in [0.2, 0.25) is 0 Å². The molecule has 3 aromatic heterocycles. The van der Waals surface area contributed by atoms with Gasteiger partial charge in [0.25, 0.3) is 5.91 Å². The van der Waals surface area contributed by atoms with Crippen molar-refractivity contribution >= 4 is 50.0 Å². The Kier molecular flexibility index (Phi) is 7.25. The van der Waals surface area contributed by atoms with Crippen LogP contribution in [0.1, 0.15) is 50.5 Å². The van der Waals surface area contributed by atoms with Crippen LogP contribution in [0.3, 0.4) is 0 Å². The molecule has 208 valence electrons. The summed E-state index contributed by atoms with van der Waals surface area (Å²) in [6, 6.07) is 10.9. The number of carbonyl (C=O) groups is 2. The highest BCUT2D eigenvalue weighted by Crippen LogP contribution is 2.35. The van der Waals surface area contributed by atoms with E-state index in [2.05, 4.69) is 21.4 Å². The van der Waals surface area contributed by atoms with E-state index in [0.29, 0.717) is 54.4 Å². The van der Waals surface area contributed by atoms with E-state index in [1.165, 1.54) is 17.5 Å². The Morgan fingerprint density at radius 3 is 2.55 bits per heavy atom. The summed E-state index contributed by atoms with van der Waals surface area (Å²) in [6.45, 7) is 11.7. The fourth-order valence-electron chi connectivity index (χ4n) is 4.35. The van der Waals surface area contributed by atoms with Crippen LogP contribution in [-0.4, -0.2) is 69.4 Å². The fourth-order valence-corrected chi connectivity index (χ4v) is 5.39. The first-order chi connectivity index (χ1) is 19.0. The molecule has 5 rings (SSSR count). The van der Waals surface area contributed by atoms with Crippen LogP contribution in [0.4, 0.5) is 15.7 Å². The van der Waals surface area contributed by atoms with E-state index >= 15 is 0 Å². The highest BCUT2D eigenvalue weighted by atomic mass is 32.1. The molecule has 0 aliphatic carbocycles. The molecule has 2 amide bonds. The summed E-state index contributed by atoms with van der Waals surface area (Å²) in [6.07, 6.45) is 0.996. The summed E-state index contributed by atoms with van der Waals surface area (Å²) < 4.78 is 13.9. The molecule has 4 aromatic rings. The molecule has 0 saturated carbocycles. The van der Waals surface area contributed by atoms with Crippen molar-refractivity contribution in [2.24, 2.45) is 0 Å². The van der Waals surface area contributed by atoms with Gasteiger partial charge in [-0.25, -0.2) is 14.3 Å². The van der Waals surface area contributed by atoms with Crippen molar-refractivity contribution in [1.82, 2.24) is 19.5 Å². The Morgan fingerprint density at radius 2 is 1.88 bits per heavy atom. The molecule has 0 radical (unpaired) electrons. The normalized spacial score (nSPS) is 14.0. The third-order valence-electron chi connectivity index (χ3n) is 6.16. The Balaban J connectivity index is 1.37. The summed E-state index contributed by atoms with van der Waals surface area (Å²) in [7, 11) is 0. The van der Waals surface area contributed by atoms with Gasteiger partial charge in [0.05, 0.1) is 39.2 Å². The molecule has 0 unspecified atom stereocenters. The topological polar surface area (TPSA) is 125 Å². The number of hydrogen-bond acceptors (Lipinski definition) is 9. The van der Waals surface area contributed by atoms with E-state index < -0.39 is 5.60 Å². The number of fused-ring (bicyclic) bond motifs is 2. The monoisotopic (exact) mass is 561 g/mol. The lowest BCUT2D eigenvalue weighted by Gasteiger charge is -2.35. The van der Waals surface area contributed by atoms with Crippen LogP contribution in [0.5, 0.6) is 5.75 Å². The summed E-state index contributed by atoms with van der Waals surface area (Å²) >= 11 is 1.49. The Labute approximate surface area is 235 Å². The van der Waals surface area contributed by atoms with Crippen LogP contribution in [0, 0.1) is 11.3 Å². The molecule has 12 heteroatoms. The number of amides is 2. The van der Waals surface area contributed by atoms with Crippen molar-refractivity contribution in [1.29, 1.82) is 5.26 Å². The molecular formula is C28H31N7O4S. The van der Waals surface area contributed by atoms with Crippen LogP contribution in [-0.2, 0) is 4.74 Å². The summed E-state index contributed by atoms with van der Waals surface area (Å²) in [5, 5.41) is 17.1. The van der Waals surface area contributed by atoms with Crippen LogP contribution in [0.15, 0.2) is 36.5 Å². The maximum Gasteiger partial charge on any atom is 0.410 e. The van der Waals surface area contributed by atoms with Crippen molar-refractivity contribution in [2.45, 2.75) is 46.3 Å². The largest absolute Gasteiger partial charge is 0.490 e. The van der Waals surface area contributed by atoms with Gasteiger partial charge in [-0.3, -0.25) is 4.79 Å². The fraction of sp³-hybridized carbons (Fsp3) is 0.393. The molecule has 1 fully saturated rings. The van der Waals surface area contributed by atoms with Gasteiger partial charge in [-0.2, -0.15) is 10.4 Å². The molecule has 1 aliphatic heterocycles. The number of carbonyl (C=O) groups excluding carboxylic acids is 2. The second kappa shape index (κ2) is 10.7. The molecule has 1 saturated heterocycles. The van der Waals surface area contributed by atoms with E-state index in [1.807, 2.05) is 34.6 Å². The van der Waals surface area contributed by atoms with Crippen molar-refractivity contribution in [3.63, 3.8) is 0 Å². The predicted octanol–water partition coefficient (Wildman–Crippen LogP) is 4.91. The first-order valence-corrected chi connectivity index (χ1v) is 13.9. The maximum atomic E-state index is 13.5. The quantitative estimate of drug-likeness (QED) is 0.364. The molecule has 0 spiro atoms. The van der Waals surface area contributed by atoms with Gasteiger partial charge >= 0.3 is 6.09 Å². The highest BCUT2D eigenvalue weighted by molar-refractivity contribution is 7.22. The van der Waals surface area contributed by atoms with Crippen LogP contribution >= 0.6 is 11.3 Å². The average Bonchev–Trinajstić information content (AvgIpc) is 3.50. The molecule has 0 atom stereocenters. The zero-order valence-corrected chi connectivity index (χ0v) is 23.9.